The van der Waals surface area contributed by atoms with Crippen LogP contribution in [0.2, 0.25) is 0 Å². The van der Waals surface area contributed by atoms with Gasteiger partial charge in [-0.25, -0.2) is 13.8 Å². The molecule has 0 aliphatic carbocycles. The standard InChI is InChI=1S/C22H25F2N3O2S/c1-30(29)11-7-16(8-12-30)22(28)27-10-9-26(21-6-5-19(24)14-25-21)15-20(27)17-3-2-4-18(23)13-17/h2-6,13-14,16,20H,1,7-12,15H2. The number of benzene rings is 1. The van der Waals surface area contributed by atoms with E-state index in [9.17, 15) is 17.8 Å². The maximum atomic E-state index is 13.9. The Morgan fingerprint density at radius 1 is 1.10 bits per heavy atom. The lowest BCUT2D eigenvalue weighted by Gasteiger charge is -2.44. The monoisotopic (exact) mass is 433 g/mol. The lowest BCUT2D eigenvalue weighted by Crippen LogP contribution is -2.53. The number of anilines is 1. The van der Waals surface area contributed by atoms with Crippen LogP contribution in [0.25, 0.3) is 0 Å². The fraction of sp³-hybridized carbons (Fsp3) is 0.409. The van der Waals surface area contributed by atoms with Crippen molar-refractivity contribution in [1.29, 1.82) is 0 Å². The molecule has 160 valence electrons. The largest absolute Gasteiger partial charge is 0.352 e. The van der Waals surface area contributed by atoms with Crippen LogP contribution in [0, 0.1) is 17.6 Å². The third-order valence-corrected chi connectivity index (χ3v) is 7.92. The van der Waals surface area contributed by atoms with Crippen molar-refractivity contribution in [2.24, 2.45) is 5.92 Å². The van der Waals surface area contributed by atoms with E-state index in [0.29, 0.717) is 55.4 Å². The quantitative estimate of drug-likeness (QED) is 0.699. The summed E-state index contributed by atoms with van der Waals surface area (Å²) >= 11 is 0. The Hall–Kier alpha value is -2.48. The van der Waals surface area contributed by atoms with Crippen molar-refractivity contribution < 1.29 is 17.8 Å². The van der Waals surface area contributed by atoms with Crippen LogP contribution in [0.15, 0.2) is 42.6 Å². The smallest absolute Gasteiger partial charge is 0.226 e. The molecule has 0 radical (unpaired) electrons. The fourth-order valence-electron chi connectivity index (χ4n) is 4.25. The van der Waals surface area contributed by atoms with Crippen molar-refractivity contribution in [2.45, 2.75) is 18.9 Å². The molecule has 2 aliphatic heterocycles. The summed E-state index contributed by atoms with van der Waals surface area (Å²) in [6, 6.07) is 8.91. The summed E-state index contributed by atoms with van der Waals surface area (Å²) in [4.78, 5) is 21.3. The molecule has 8 heteroatoms. The Morgan fingerprint density at radius 3 is 2.53 bits per heavy atom. The van der Waals surface area contributed by atoms with Gasteiger partial charge in [0, 0.05) is 37.1 Å². The number of carbonyl (C=O) groups is 1. The highest BCUT2D eigenvalue weighted by Gasteiger charge is 2.36. The van der Waals surface area contributed by atoms with Gasteiger partial charge in [0.15, 0.2) is 0 Å². The minimum atomic E-state index is -2.07. The first-order valence-corrected chi connectivity index (χ1v) is 12.1. The van der Waals surface area contributed by atoms with Crippen molar-refractivity contribution in [3.05, 3.63) is 59.8 Å². The number of halogens is 2. The van der Waals surface area contributed by atoms with Crippen molar-refractivity contribution in [1.82, 2.24) is 9.88 Å². The van der Waals surface area contributed by atoms with Crippen molar-refractivity contribution in [2.75, 3.05) is 36.0 Å². The third-order valence-electron chi connectivity index (χ3n) is 5.96. The molecule has 0 spiro atoms. The number of piperazine rings is 1. The van der Waals surface area contributed by atoms with Gasteiger partial charge in [-0.2, -0.15) is 0 Å². The Kier molecular flexibility index (Phi) is 5.77. The number of aromatic nitrogens is 1. The van der Waals surface area contributed by atoms with Crippen LogP contribution in [-0.2, 0) is 14.3 Å². The molecule has 2 aliphatic rings. The van der Waals surface area contributed by atoms with Gasteiger partial charge in [0.1, 0.15) is 17.5 Å². The molecule has 0 saturated carbocycles. The molecule has 1 aromatic heterocycles. The first kappa shape index (κ1) is 20.8. The van der Waals surface area contributed by atoms with E-state index in [-0.39, 0.29) is 23.7 Å². The van der Waals surface area contributed by atoms with Crippen LogP contribution >= 0.6 is 0 Å². The molecule has 1 aromatic carbocycles. The lowest BCUT2D eigenvalue weighted by atomic mass is 9.96. The average Bonchev–Trinajstić information content (AvgIpc) is 2.73. The molecule has 2 aromatic rings. The van der Waals surface area contributed by atoms with E-state index in [4.69, 9.17) is 0 Å². The van der Waals surface area contributed by atoms with E-state index in [1.165, 1.54) is 24.4 Å². The van der Waals surface area contributed by atoms with Crippen molar-refractivity contribution >= 4 is 27.1 Å². The van der Waals surface area contributed by atoms with Crippen LogP contribution in [0.5, 0.6) is 0 Å². The summed E-state index contributed by atoms with van der Waals surface area (Å²) in [6.45, 7) is 1.44. The second-order valence-electron chi connectivity index (χ2n) is 8.03. The number of amides is 1. The van der Waals surface area contributed by atoms with E-state index in [1.807, 2.05) is 15.9 Å². The van der Waals surface area contributed by atoms with Crippen LogP contribution in [0.1, 0.15) is 24.4 Å². The Bertz CT molecular complexity index is 1010. The first-order valence-electron chi connectivity index (χ1n) is 10.1. The van der Waals surface area contributed by atoms with E-state index < -0.39 is 15.3 Å². The maximum absolute atomic E-state index is 13.9. The number of nitrogens with zero attached hydrogens (tertiary/aromatic N) is 3. The SMILES string of the molecule is C=S1(=O)CCC(C(=O)N2CCN(c3ccc(F)cn3)CC2c2cccc(F)c2)CC1. The van der Waals surface area contributed by atoms with E-state index in [2.05, 4.69) is 10.9 Å². The Morgan fingerprint density at radius 2 is 1.87 bits per heavy atom. The minimum absolute atomic E-state index is 0.0193. The van der Waals surface area contributed by atoms with Gasteiger partial charge in [0.2, 0.25) is 5.91 Å². The highest BCUT2D eigenvalue weighted by molar-refractivity contribution is 8.00. The minimum Gasteiger partial charge on any atom is -0.352 e. The van der Waals surface area contributed by atoms with Gasteiger partial charge < -0.3 is 9.80 Å². The molecule has 4 rings (SSSR count). The highest BCUT2D eigenvalue weighted by atomic mass is 32.2. The van der Waals surface area contributed by atoms with Crippen LogP contribution in [0.3, 0.4) is 0 Å². The van der Waals surface area contributed by atoms with Gasteiger partial charge in [0.25, 0.3) is 0 Å². The van der Waals surface area contributed by atoms with Gasteiger partial charge in [-0.05, 0) is 58.1 Å². The molecule has 0 bridgehead atoms. The normalized spacial score (nSPS) is 27.1. The van der Waals surface area contributed by atoms with Gasteiger partial charge in [-0.1, -0.05) is 12.1 Å². The second-order valence-corrected chi connectivity index (χ2v) is 10.8. The molecular weight excluding hydrogens is 408 g/mol. The van der Waals surface area contributed by atoms with Gasteiger partial charge in [-0.3, -0.25) is 9.00 Å². The molecule has 30 heavy (non-hydrogen) atoms. The first-order chi connectivity index (χ1) is 14.3. The van der Waals surface area contributed by atoms with E-state index >= 15 is 0 Å². The summed E-state index contributed by atoms with van der Waals surface area (Å²) in [6.07, 6.45) is 2.30. The summed E-state index contributed by atoms with van der Waals surface area (Å²) in [5.74, 6) is 4.40. The third kappa shape index (κ3) is 4.48. The number of hydrogen-bond donors (Lipinski definition) is 0. The van der Waals surface area contributed by atoms with Crippen LogP contribution in [-0.4, -0.2) is 57.0 Å². The molecule has 5 nitrogen and oxygen atoms in total. The molecule has 2 fully saturated rings. The molecule has 1 amide bonds. The van der Waals surface area contributed by atoms with E-state index in [0.717, 1.165) is 0 Å². The maximum Gasteiger partial charge on any atom is 0.226 e. The molecular formula is C22H25F2N3O2S. The summed E-state index contributed by atoms with van der Waals surface area (Å²) in [5, 5.41) is 0. The van der Waals surface area contributed by atoms with E-state index in [1.54, 1.807) is 12.1 Å². The Labute approximate surface area is 175 Å². The predicted octanol–water partition coefficient (Wildman–Crippen LogP) is 2.88. The molecule has 3 heterocycles. The molecule has 1 unspecified atom stereocenters. The van der Waals surface area contributed by atoms with Gasteiger partial charge in [-0.15, -0.1) is 0 Å². The zero-order chi connectivity index (χ0) is 21.3. The number of pyridine rings is 1. The molecule has 0 N–H and O–H groups in total. The average molecular weight is 434 g/mol. The number of carbonyl (C=O) groups excluding carboxylic acids is 1. The Balaban J connectivity index is 1.59. The van der Waals surface area contributed by atoms with Gasteiger partial charge in [0.05, 0.1) is 12.2 Å². The zero-order valence-electron chi connectivity index (χ0n) is 16.7. The second kappa shape index (κ2) is 8.34. The molecule has 1 atom stereocenters. The van der Waals surface area contributed by atoms with Crippen LogP contribution in [0.4, 0.5) is 14.6 Å². The molecule has 2 saturated heterocycles. The topological polar surface area (TPSA) is 53.5 Å². The van der Waals surface area contributed by atoms with Crippen molar-refractivity contribution in [3.8, 4) is 0 Å². The van der Waals surface area contributed by atoms with Crippen LogP contribution < -0.4 is 4.90 Å². The summed E-state index contributed by atoms with van der Waals surface area (Å²) in [7, 11) is -2.07. The van der Waals surface area contributed by atoms with Gasteiger partial charge >= 0.3 is 0 Å². The summed E-state index contributed by atoms with van der Waals surface area (Å²) in [5.41, 5.74) is 0.715. The zero-order valence-corrected chi connectivity index (χ0v) is 17.5. The summed E-state index contributed by atoms with van der Waals surface area (Å²) < 4.78 is 39.4. The number of hydrogen-bond acceptors (Lipinski definition) is 4. The lowest BCUT2D eigenvalue weighted by molar-refractivity contribution is -0.138. The number of rotatable bonds is 3. The van der Waals surface area contributed by atoms with Crippen molar-refractivity contribution in [3.63, 3.8) is 0 Å². The fourth-order valence-corrected chi connectivity index (χ4v) is 5.88. The predicted molar refractivity (Wildman–Crippen MR) is 115 cm³/mol. The highest BCUT2D eigenvalue weighted by Crippen LogP contribution is 2.32.